The predicted molar refractivity (Wildman–Crippen MR) is 33.3 cm³/mol. The van der Waals surface area contributed by atoms with E-state index in [0.717, 1.165) is 0 Å². The van der Waals surface area contributed by atoms with Crippen LogP contribution in [0.5, 0.6) is 0 Å². The molecule has 0 N–H and O–H groups in total. The van der Waals surface area contributed by atoms with E-state index in [-0.39, 0.29) is 6.42 Å². The van der Waals surface area contributed by atoms with Gasteiger partial charge in [0.05, 0.1) is 0 Å². The molecule has 11 heavy (non-hydrogen) atoms. The summed E-state index contributed by atoms with van der Waals surface area (Å²) < 4.78 is 4.69. The molecule has 0 aromatic heterocycles. The van der Waals surface area contributed by atoms with Gasteiger partial charge in [-0.1, -0.05) is 0 Å². The number of hydrogen-bond donors (Lipinski definition) is 0. The highest BCUT2D eigenvalue weighted by Gasteiger charge is 2.30. The lowest BCUT2D eigenvalue weighted by atomic mass is 10.0. The van der Waals surface area contributed by atoms with Gasteiger partial charge in [0.25, 0.3) is 0 Å². The van der Waals surface area contributed by atoms with Crippen LogP contribution in [0.25, 0.3) is 0 Å². The van der Waals surface area contributed by atoms with Crippen LogP contribution in [0.3, 0.4) is 0 Å². The number of esters is 1. The third kappa shape index (κ3) is 1.80. The minimum atomic E-state index is -1.23. The van der Waals surface area contributed by atoms with Gasteiger partial charge in [0.1, 0.15) is 5.60 Å². The van der Waals surface area contributed by atoms with Crippen molar-refractivity contribution in [3.8, 4) is 0 Å². The first-order valence-corrected chi connectivity index (χ1v) is 3.14. The van der Waals surface area contributed by atoms with Crippen LogP contribution < -0.4 is 5.11 Å². The summed E-state index contributed by atoms with van der Waals surface area (Å²) in [5, 5.41) is 10.1. The van der Waals surface area contributed by atoms with Crippen molar-refractivity contribution in [3.05, 3.63) is 12.2 Å². The molecule has 4 heteroatoms. The van der Waals surface area contributed by atoms with E-state index in [2.05, 4.69) is 4.74 Å². The minimum Gasteiger partial charge on any atom is -0.550 e. The second kappa shape index (κ2) is 2.38. The second-order valence-corrected chi connectivity index (χ2v) is 2.62. The third-order valence-corrected chi connectivity index (χ3v) is 1.40. The molecule has 1 aliphatic rings. The Kier molecular flexibility index (Phi) is 1.68. The van der Waals surface area contributed by atoms with Crippen LogP contribution in [0.2, 0.25) is 0 Å². The molecular formula is C7H7O4-. The number of rotatable bonds is 2. The maximum absolute atomic E-state index is 10.5. The first-order chi connectivity index (χ1) is 5.02. The molecule has 4 nitrogen and oxygen atoms in total. The quantitative estimate of drug-likeness (QED) is 0.479. The van der Waals surface area contributed by atoms with Crippen molar-refractivity contribution in [2.45, 2.75) is 18.9 Å². The van der Waals surface area contributed by atoms with Crippen molar-refractivity contribution in [3.63, 3.8) is 0 Å². The Morgan fingerprint density at radius 3 is 2.82 bits per heavy atom. The molecule has 0 saturated carbocycles. The summed E-state index contributed by atoms with van der Waals surface area (Å²) >= 11 is 0. The summed E-state index contributed by atoms with van der Waals surface area (Å²) in [6, 6.07) is 0. The van der Waals surface area contributed by atoms with Gasteiger partial charge in [-0.2, -0.15) is 0 Å². The fourth-order valence-electron chi connectivity index (χ4n) is 0.924. The molecule has 0 aromatic rings. The van der Waals surface area contributed by atoms with Gasteiger partial charge in [-0.3, -0.25) is 0 Å². The van der Waals surface area contributed by atoms with Gasteiger partial charge < -0.3 is 14.6 Å². The van der Waals surface area contributed by atoms with Gasteiger partial charge in [-0.25, -0.2) is 4.79 Å². The van der Waals surface area contributed by atoms with E-state index < -0.39 is 17.5 Å². The molecule has 0 radical (unpaired) electrons. The van der Waals surface area contributed by atoms with Crippen molar-refractivity contribution < 1.29 is 19.4 Å². The van der Waals surface area contributed by atoms with Gasteiger partial charge in [0.2, 0.25) is 0 Å². The molecule has 0 fully saturated rings. The smallest absolute Gasteiger partial charge is 0.331 e. The van der Waals surface area contributed by atoms with Crippen molar-refractivity contribution in [2.24, 2.45) is 0 Å². The summed E-state index contributed by atoms with van der Waals surface area (Å²) in [6.07, 6.45) is 2.34. The molecule has 0 aromatic carbocycles. The zero-order valence-corrected chi connectivity index (χ0v) is 5.99. The SMILES string of the molecule is CC1(CC(=O)[O-])C=CC(=O)O1. The Labute approximate surface area is 63.5 Å². The number of carbonyl (C=O) groups is 2. The molecule has 0 bridgehead atoms. The average molecular weight is 155 g/mol. The standard InChI is InChI=1S/C7H8O4/c1-7(4-5(8)9)3-2-6(10)11-7/h2-3H,4H2,1H3,(H,8,9)/p-1. The van der Waals surface area contributed by atoms with E-state index in [9.17, 15) is 14.7 Å². The van der Waals surface area contributed by atoms with E-state index in [1.165, 1.54) is 19.1 Å². The van der Waals surface area contributed by atoms with Gasteiger partial charge >= 0.3 is 5.97 Å². The molecule has 0 aliphatic carbocycles. The fraction of sp³-hybridized carbons (Fsp3) is 0.429. The summed E-state index contributed by atoms with van der Waals surface area (Å²) in [5.74, 6) is -1.74. The van der Waals surface area contributed by atoms with Crippen LogP contribution in [0.1, 0.15) is 13.3 Å². The normalized spacial score (nSPS) is 28.6. The number of hydrogen-bond acceptors (Lipinski definition) is 4. The number of cyclic esters (lactones) is 1. The van der Waals surface area contributed by atoms with Crippen molar-refractivity contribution in [2.75, 3.05) is 0 Å². The van der Waals surface area contributed by atoms with E-state index in [1.807, 2.05) is 0 Å². The van der Waals surface area contributed by atoms with Crippen molar-refractivity contribution in [1.29, 1.82) is 0 Å². The Hall–Kier alpha value is -1.32. The van der Waals surface area contributed by atoms with Crippen LogP contribution in [0, 0.1) is 0 Å². The second-order valence-electron chi connectivity index (χ2n) is 2.62. The van der Waals surface area contributed by atoms with Gasteiger partial charge in [0.15, 0.2) is 0 Å². The molecular weight excluding hydrogens is 148 g/mol. The zero-order chi connectivity index (χ0) is 8.48. The average Bonchev–Trinajstić information content (AvgIpc) is 2.08. The number of aliphatic carboxylic acids is 1. The number of carboxylic acid groups (broad SMARTS) is 1. The monoisotopic (exact) mass is 155 g/mol. The molecule has 0 saturated heterocycles. The molecule has 1 aliphatic heterocycles. The van der Waals surface area contributed by atoms with Crippen LogP contribution in [0.4, 0.5) is 0 Å². The highest BCUT2D eigenvalue weighted by atomic mass is 16.6. The van der Waals surface area contributed by atoms with Gasteiger partial charge in [-0.05, 0) is 13.0 Å². The predicted octanol–water partition coefficient (Wildman–Crippen LogP) is -1.00. The maximum atomic E-state index is 10.5. The van der Waals surface area contributed by atoms with Crippen molar-refractivity contribution in [1.82, 2.24) is 0 Å². The Balaban J connectivity index is 2.63. The first-order valence-electron chi connectivity index (χ1n) is 3.14. The largest absolute Gasteiger partial charge is 0.550 e. The Morgan fingerprint density at radius 2 is 2.45 bits per heavy atom. The summed E-state index contributed by atoms with van der Waals surface area (Å²) in [7, 11) is 0. The van der Waals surface area contributed by atoms with E-state index in [1.54, 1.807) is 0 Å². The molecule has 0 spiro atoms. The van der Waals surface area contributed by atoms with Crippen LogP contribution in [0.15, 0.2) is 12.2 Å². The highest BCUT2D eigenvalue weighted by Crippen LogP contribution is 2.22. The first kappa shape index (κ1) is 7.78. The minimum absolute atomic E-state index is 0.296. The highest BCUT2D eigenvalue weighted by molar-refractivity contribution is 5.86. The third-order valence-electron chi connectivity index (χ3n) is 1.40. The lowest BCUT2D eigenvalue weighted by Gasteiger charge is -2.21. The van der Waals surface area contributed by atoms with E-state index >= 15 is 0 Å². The Morgan fingerprint density at radius 1 is 1.82 bits per heavy atom. The van der Waals surface area contributed by atoms with Crippen LogP contribution >= 0.6 is 0 Å². The van der Waals surface area contributed by atoms with Gasteiger partial charge in [-0.15, -0.1) is 0 Å². The van der Waals surface area contributed by atoms with Gasteiger partial charge in [0, 0.05) is 18.5 Å². The molecule has 60 valence electrons. The molecule has 1 unspecified atom stereocenters. The summed E-state index contributed by atoms with van der Waals surface area (Å²) in [6.45, 7) is 1.52. The fourth-order valence-corrected chi connectivity index (χ4v) is 0.924. The topological polar surface area (TPSA) is 66.4 Å². The molecule has 1 atom stereocenters. The van der Waals surface area contributed by atoms with E-state index in [4.69, 9.17) is 0 Å². The molecule has 0 amide bonds. The van der Waals surface area contributed by atoms with Crippen LogP contribution in [-0.4, -0.2) is 17.5 Å². The number of carboxylic acids is 1. The van der Waals surface area contributed by atoms with Crippen LogP contribution in [-0.2, 0) is 14.3 Å². The number of ether oxygens (including phenoxy) is 1. The summed E-state index contributed by atoms with van der Waals surface area (Å²) in [5.41, 5.74) is -1.00. The maximum Gasteiger partial charge on any atom is 0.331 e. The Bertz CT molecular complexity index is 231. The lowest BCUT2D eigenvalue weighted by molar-refractivity contribution is -0.308. The molecule has 1 rings (SSSR count). The zero-order valence-electron chi connectivity index (χ0n) is 5.99. The lowest BCUT2D eigenvalue weighted by Crippen LogP contribution is -2.34. The molecule has 1 heterocycles. The van der Waals surface area contributed by atoms with Crippen molar-refractivity contribution >= 4 is 11.9 Å². The summed E-state index contributed by atoms with van der Waals surface area (Å²) in [4.78, 5) is 20.6. The number of carbonyl (C=O) groups excluding carboxylic acids is 2. The van der Waals surface area contributed by atoms with E-state index in [0.29, 0.717) is 0 Å².